The lowest BCUT2D eigenvalue weighted by atomic mass is 10.2. The van der Waals surface area contributed by atoms with Gasteiger partial charge in [-0.1, -0.05) is 48.0 Å². The Hall–Kier alpha value is -2.15. The van der Waals surface area contributed by atoms with E-state index in [0.717, 1.165) is 11.1 Å². The van der Waals surface area contributed by atoms with E-state index in [-0.39, 0.29) is 6.04 Å². The first-order chi connectivity index (χ1) is 13.0. The lowest BCUT2D eigenvalue weighted by Crippen LogP contribution is -2.38. The van der Waals surface area contributed by atoms with Crippen molar-refractivity contribution >= 4 is 10.0 Å². The van der Waals surface area contributed by atoms with Crippen LogP contribution in [0.5, 0.6) is 0 Å². The maximum absolute atomic E-state index is 13.0. The molecule has 0 aromatic heterocycles. The molecule has 0 spiro atoms. The number of rotatable bonds is 6. The topological polar surface area (TPSA) is 55.8 Å². The molecule has 0 saturated heterocycles. The average molecular weight is 388 g/mol. The van der Waals surface area contributed by atoms with E-state index in [0.29, 0.717) is 37.0 Å². The second-order valence-electron chi connectivity index (χ2n) is 6.63. The van der Waals surface area contributed by atoms with Gasteiger partial charge in [-0.05, 0) is 37.6 Å². The number of ether oxygens (including phenoxy) is 2. The first kappa shape index (κ1) is 19.6. The second-order valence-corrected chi connectivity index (χ2v) is 8.52. The van der Waals surface area contributed by atoms with Crippen molar-refractivity contribution in [1.29, 1.82) is 0 Å². The molecule has 3 rings (SSSR count). The molecule has 6 heteroatoms. The quantitative estimate of drug-likeness (QED) is 0.761. The molecule has 0 unspecified atom stereocenters. The molecule has 1 aliphatic heterocycles. The van der Waals surface area contributed by atoms with Crippen LogP contribution in [-0.2, 0) is 26.1 Å². The number of benzene rings is 2. The van der Waals surface area contributed by atoms with E-state index in [4.69, 9.17) is 9.47 Å². The molecule has 5 nitrogen and oxygen atoms in total. The molecule has 0 N–H and O–H groups in total. The van der Waals surface area contributed by atoms with Gasteiger partial charge in [0, 0.05) is 12.6 Å². The predicted molar refractivity (Wildman–Crippen MR) is 105 cm³/mol. The maximum Gasteiger partial charge on any atom is 0.243 e. The molecule has 27 heavy (non-hydrogen) atoms. The minimum atomic E-state index is -3.57. The van der Waals surface area contributed by atoms with Crippen LogP contribution in [0.15, 0.2) is 71.3 Å². The van der Waals surface area contributed by atoms with E-state index in [2.05, 4.69) is 0 Å². The van der Waals surface area contributed by atoms with Crippen LogP contribution in [0.2, 0.25) is 0 Å². The third-order valence-electron chi connectivity index (χ3n) is 4.46. The summed E-state index contributed by atoms with van der Waals surface area (Å²) in [5.74, 6) is 0.667. The fourth-order valence-corrected chi connectivity index (χ4v) is 4.55. The number of hydrogen-bond acceptors (Lipinski definition) is 4. The zero-order valence-corrected chi connectivity index (χ0v) is 16.5. The second kappa shape index (κ2) is 8.69. The summed E-state index contributed by atoms with van der Waals surface area (Å²) in [7, 11) is -3.57. The molecule has 1 heterocycles. The van der Waals surface area contributed by atoms with Crippen LogP contribution < -0.4 is 0 Å². The van der Waals surface area contributed by atoms with E-state index < -0.39 is 10.0 Å². The lowest BCUT2D eigenvalue weighted by Gasteiger charge is -2.24. The Morgan fingerprint density at radius 1 is 1.07 bits per heavy atom. The Labute approximate surface area is 161 Å². The SMILES string of the molecule is Cc1ccc(S(=O)(=O)N2CCOC(COCc3ccccc3)=C[C@@H]2C)cc1. The van der Waals surface area contributed by atoms with Gasteiger partial charge in [0.15, 0.2) is 0 Å². The van der Waals surface area contributed by atoms with Gasteiger partial charge in [0.05, 0.1) is 11.5 Å². The van der Waals surface area contributed by atoms with Crippen molar-refractivity contribution in [3.8, 4) is 0 Å². The van der Waals surface area contributed by atoms with Gasteiger partial charge in [-0.25, -0.2) is 8.42 Å². The Morgan fingerprint density at radius 3 is 2.48 bits per heavy atom. The molecule has 0 bridgehead atoms. The van der Waals surface area contributed by atoms with E-state index in [9.17, 15) is 8.42 Å². The van der Waals surface area contributed by atoms with Crippen molar-refractivity contribution < 1.29 is 17.9 Å². The molecule has 0 radical (unpaired) electrons. The van der Waals surface area contributed by atoms with Crippen LogP contribution in [0.4, 0.5) is 0 Å². The summed E-state index contributed by atoms with van der Waals surface area (Å²) < 4.78 is 38.9. The number of aryl methyl sites for hydroxylation is 1. The van der Waals surface area contributed by atoms with Crippen LogP contribution in [0, 0.1) is 6.92 Å². The fourth-order valence-electron chi connectivity index (χ4n) is 2.99. The third-order valence-corrected chi connectivity index (χ3v) is 6.46. The van der Waals surface area contributed by atoms with Gasteiger partial charge in [0.1, 0.15) is 19.0 Å². The summed E-state index contributed by atoms with van der Waals surface area (Å²) >= 11 is 0. The summed E-state index contributed by atoms with van der Waals surface area (Å²) in [6.07, 6.45) is 1.82. The van der Waals surface area contributed by atoms with Gasteiger partial charge >= 0.3 is 0 Å². The van der Waals surface area contributed by atoms with Crippen LogP contribution in [-0.4, -0.2) is 38.5 Å². The number of sulfonamides is 1. The van der Waals surface area contributed by atoms with E-state index >= 15 is 0 Å². The van der Waals surface area contributed by atoms with E-state index in [1.54, 1.807) is 12.1 Å². The van der Waals surface area contributed by atoms with Gasteiger partial charge < -0.3 is 9.47 Å². The third kappa shape index (κ3) is 4.97. The van der Waals surface area contributed by atoms with Crippen molar-refractivity contribution in [3.63, 3.8) is 0 Å². The largest absolute Gasteiger partial charge is 0.494 e. The number of hydrogen-bond donors (Lipinski definition) is 0. The Balaban J connectivity index is 1.67. The summed E-state index contributed by atoms with van der Waals surface area (Å²) in [6, 6.07) is 16.5. The molecule has 2 aromatic carbocycles. The first-order valence-corrected chi connectivity index (χ1v) is 10.4. The Kier molecular flexibility index (Phi) is 6.31. The highest BCUT2D eigenvalue weighted by atomic mass is 32.2. The zero-order chi connectivity index (χ0) is 19.3. The smallest absolute Gasteiger partial charge is 0.243 e. The molecule has 2 aromatic rings. The van der Waals surface area contributed by atoms with Gasteiger partial charge in [-0.15, -0.1) is 0 Å². The molecule has 1 atom stereocenters. The van der Waals surface area contributed by atoms with Gasteiger partial charge in [0.25, 0.3) is 0 Å². The average Bonchev–Trinajstić information content (AvgIpc) is 2.84. The van der Waals surface area contributed by atoms with Crippen LogP contribution in [0.25, 0.3) is 0 Å². The summed E-state index contributed by atoms with van der Waals surface area (Å²) in [4.78, 5) is 0.303. The van der Waals surface area contributed by atoms with E-state index in [1.165, 1.54) is 4.31 Å². The minimum absolute atomic E-state index is 0.302. The highest BCUT2D eigenvalue weighted by Gasteiger charge is 2.30. The summed E-state index contributed by atoms with van der Waals surface area (Å²) in [6.45, 7) is 5.20. The van der Waals surface area contributed by atoms with Gasteiger partial charge in [0.2, 0.25) is 10.0 Å². The molecule has 0 fully saturated rings. The molecule has 0 saturated carbocycles. The molecule has 0 aliphatic carbocycles. The Bertz CT molecular complexity index is 876. The molecule has 144 valence electrons. The van der Waals surface area contributed by atoms with Crippen molar-refractivity contribution in [2.24, 2.45) is 0 Å². The zero-order valence-electron chi connectivity index (χ0n) is 15.7. The van der Waals surface area contributed by atoms with Crippen LogP contribution >= 0.6 is 0 Å². The highest BCUT2D eigenvalue weighted by molar-refractivity contribution is 7.89. The minimum Gasteiger partial charge on any atom is -0.494 e. The standard InChI is InChI=1S/C21H25NO4S/c1-17-8-10-21(11-9-17)27(23,24)22-12-13-26-20(14-18(22)2)16-25-15-19-6-4-3-5-7-19/h3-11,14,18H,12-13,15-16H2,1-2H3/t18-/m0/s1. The molecule has 1 aliphatic rings. The molecule has 0 amide bonds. The number of nitrogens with zero attached hydrogens (tertiary/aromatic N) is 1. The summed E-state index contributed by atoms with van der Waals surface area (Å²) in [5.41, 5.74) is 2.11. The highest BCUT2D eigenvalue weighted by Crippen LogP contribution is 2.22. The van der Waals surface area contributed by atoms with Crippen molar-refractivity contribution in [2.45, 2.75) is 31.4 Å². The first-order valence-electron chi connectivity index (χ1n) is 9.00. The van der Waals surface area contributed by atoms with Gasteiger partial charge in [-0.2, -0.15) is 4.31 Å². The van der Waals surface area contributed by atoms with Gasteiger partial charge in [-0.3, -0.25) is 0 Å². The lowest BCUT2D eigenvalue weighted by molar-refractivity contribution is 0.0892. The van der Waals surface area contributed by atoms with Crippen molar-refractivity contribution in [1.82, 2.24) is 4.31 Å². The molecular formula is C21H25NO4S. The predicted octanol–water partition coefficient (Wildman–Crippen LogP) is 3.51. The van der Waals surface area contributed by atoms with Crippen LogP contribution in [0.1, 0.15) is 18.1 Å². The van der Waals surface area contributed by atoms with Crippen LogP contribution in [0.3, 0.4) is 0 Å². The van der Waals surface area contributed by atoms with Crippen molar-refractivity contribution in [2.75, 3.05) is 19.8 Å². The normalized spacial score (nSPS) is 18.4. The molecular weight excluding hydrogens is 362 g/mol. The fraction of sp³-hybridized carbons (Fsp3) is 0.333. The summed E-state index contributed by atoms with van der Waals surface area (Å²) in [5, 5.41) is 0. The van der Waals surface area contributed by atoms with E-state index in [1.807, 2.05) is 62.4 Å². The Morgan fingerprint density at radius 2 is 1.78 bits per heavy atom. The maximum atomic E-state index is 13.0. The monoisotopic (exact) mass is 387 g/mol. The van der Waals surface area contributed by atoms with Crippen molar-refractivity contribution in [3.05, 3.63) is 77.6 Å².